The summed E-state index contributed by atoms with van der Waals surface area (Å²) in [4.78, 5) is 0. The second-order valence-electron chi connectivity index (χ2n) is 9.77. The maximum absolute atomic E-state index is 6.78. The zero-order chi connectivity index (χ0) is 17.3. The highest BCUT2D eigenvalue weighted by Crippen LogP contribution is 2.55. The molecule has 5 aliphatic carbocycles. The average molecular weight is 351 g/mol. The quantitative estimate of drug-likeness (QED) is 0.636. The van der Waals surface area contributed by atoms with Gasteiger partial charge in [-0.2, -0.15) is 0 Å². The summed E-state index contributed by atoms with van der Waals surface area (Å²) in [6.07, 6.45) is 14.5. The van der Waals surface area contributed by atoms with E-state index in [-0.39, 0.29) is 5.41 Å². The molecule has 0 heterocycles. The van der Waals surface area contributed by atoms with Crippen LogP contribution in [0.5, 0.6) is 0 Å². The minimum Gasteiger partial charge on any atom is -0.384 e. The van der Waals surface area contributed by atoms with Gasteiger partial charge >= 0.3 is 0 Å². The lowest BCUT2D eigenvalue weighted by Crippen LogP contribution is -2.52. The van der Waals surface area contributed by atoms with E-state index in [2.05, 4.69) is 0 Å². The molecule has 0 aromatic heterocycles. The minimum atomic E-state index is 0.0542. The van der Waals surface area contributed by atoms with E-state index in [4.69, 9.17) is 14.2 Å². The summed E-state index contributed by atoms with van der Waals surface area (Å²) in [7, 11) is 3.69. The first kappa shape index (κ1) is 18.3. The summed E-state index contributed by atoms with van der Waals surface area (Å²) >= 11 is 0. The van der Waals surface area contributed by atoms with Crippen molar-refractivity contribution in [3.05, 3.63) is 0 Å². The van der Waals surface area contributed by atoms with Gasteiger partial charge in [0.05, 0.1) is 25.9 Å². The molecule has 0 saturated heterocycles. The molecule has 0 aromatic rings. The second kappa shape index (κ2) is 7.86. The van der Waals surface area contributed by atoms with Crippen molar-refractivity contribution in [1.29, 1.82) is 0 Å². The predicted octanol–water partition coefficient (Wildman–Crippen LogP) is 4.69. The Morgan fingerprint density at radius 1 is 0.720 bits per heavy atom. The number of hydrogen-bond acceptors (Lipinski definition) is 3. The largest absolute Gasteiger partial charge is 0.384 e. The van der Waals surface area contributed by atoms with E-state index in [1.165, 1.54) is 64.2 Å². The van der Waals surface area contributed by atoms with Crippen molar-refractivity contribution in [2.75, 3.05) is 34.0 Å². The summed E-state index contributed by atoms with van der Waals surface area (Å²) in [5, 5.41) is 0. The van der Waals surface area contributed by atoms with Crippen LogP contribution < -0.4 is 0 Å². The van der Waals surface area contributed by atoms with Gasteiger partial charge in [-0.15, -0.1) is 0 Å². The zero-order valence-electron chi connectivity index (χ0n) is 16.4. The molecule has 0 atom stereocenters. The molecule has 5 aliphatic rings. The molecule has 144 valence electrons. The molecule has 3 heteroatoms. The third-order valence-electron chi connectivity index (χ3n) is 8.04. The molecule has 4 bridgehead atoms. The third kappa shape index (κ3) is 3.66. The van der Waals surface area contributed by atoms with Crippen LogP contribution in [-0.4, -0.2) is 40.1 Å². The van der Waals surface area contributed by atoms with E-state index in [9.17, 15) is 0 Å². The summed E-state index contributed by atoms with van der Waals surface area (Å²) in [6.45, 7) is 2.39. The second-order valence-corrected chi connectivity index (χ2v) is 9.77. The molecule has 3 nitrogen and oxygen atoms in total. The maximum Gasteiger partial charge on any atom is 0.0632 e. The highest BCUT2D eigenvalue weighted by Gasteiger charge is 2.50. The molecule has 5 fully saturated rings. The van der Waals surface area contributed by atoms with Crippen molar-refractivity contribution >= 4 is 0 Å². The molecular weight excluding hydrogens is 312 g/mol. The van der Waals surface area contributed by atoms with Gasteiger partial charge in [0.2, 0.25) is 0 Å². The fraction of sp³-hybridized carbons (Fsp3) is 1.00. The van der Waals surface area contributed by atoms with Crippen LogP contribution in [0.4, 0.5) is 0 Å². The molecule has 5 saturated carbocycles. The highest BCUT2D eigenvalue weighted by atomic mass is 16.5. The Morgan fingerprint density at radius 2 is 1.28 bits per heavy atom. The Morgan fingerprint density at radius 3 is 1.80 bits per heavy atom. The van der Waals surface area contributed by atoms with Crippen molar-refractivity contribution in [3.63, 3.8) is 0 Å². The Hall–Kier alpha value is -0.120. The van der Waals surface area contributed by atoms with Crippen molar-refractivity contribution in [2.45, 2.75) is 70.3 Å². The number of ether oxygens (including phenoxy) is 3. The summed E-state index contributed by atoms with van der Waals surface area (Å²) in [6, 6.07) is 0. The first-order chi connectivity index (χ1) is 12.2. The van der Waals surface area contributed by atoms with Gasteiger partial charge in [0.1, 0.15) is 0 Å². The Labute approximate surface area is 154 Å². The van der Waals surface area contributed by atoms with Crippen molar-refractivity contribution in [2.24, 2.45) is 35.0 Å². The van der Waals surface area contributed by atoms with Gasteiger partial charge in [0.15, 0.2) is 0 Å². The Bertz CT molecular complexity index is 395. The van der Waals surface area contributed by atoms with Gasteiger partial charge in [0.25, 0.3) is 0 Å². The summed E-state index contributed by atoms with van der Waals surface area (Å²) in [5.41, 5.74) is 0.0542. The maximum atomic E-state index is 6.78. The minimum absolute atomic E-state index is 0.0542. The Kier molecular flexibility index (Phi) is 5.74. The fourth-order valence-corrected chi connectivity index (χ4v) is 7.18. The number of hydrogen-bond donors (Lipinski definition) is 0. The van der Waals surface area contributed by atoms with E-state index in [0.717, 1.165) is 43.5 Å². The smallest absolute Gasteiger partial charge is 0.0632 e. The van der Waals surface area contributed by atoms with E-state index in [1.807, 2.05) is 14.2 Å². The van der Waals surface area contributed by atoms with E-state index in [0.29, 0.717) is 12.0 Å². The van der Waals surface area contributed by atoms with Gasteiger partial charge in [-0.25, -0.2) is 0 Å². The average Bonchev–Trinajstić information content (AvgIpc) is 2.61. The Balaban J connectivity index is 1.44. The summed E-state index contributed by atoms with van der Waals surface area (Å²) in [5.74, 6) is 4.40. The molecule has 0 aromatic carbocycles. The van der Waals surface area contributed by atoms with Crippen LogP contribution in [0.2, 0.25) is 0 Å². The molecule has 0 aliphatic heterocycles. The third-order valence-corrected chi connectivity index (χ3v) is 8.04. The van der Waals surface area contributed by atoms with E-state index >= 15 is 0 Å². The van der Waals surface area contributed by atoms with Gasteiger partial charge < -0.3 is 14.2 Å². The predicted molar refractivity (Wildman–Crippen MR) is 99.5 cm³/mol. The molecule has 0 amide bonds. The van der Waals surface area contributed by atoms with Crippen molar-refractivity contribution in [3.8, 4) is 0 Å². The summed E-state index contributed by atoms with van der Waals surface area (Å²) < 4.78 is 18.2. The van der Waals surface area contributed by atoms with Crippen LogP contribution in [-0.2, 0) is 14.2 Å². The lowest BCUT2D eigenvalue weighted by atomic mass is 9.55. The molecule has 25 heavy (non-hydrogen) atoms. The SMILES string of the molecule is COCC(COC)(COC1C2CC3CC(C2)CC1C3)C1CCCCC1. The molecule has 0 N–H and O–H groups in total. The molecule has 0 spiro atoms. The monoisotopic (exact) mass is 350 g/mol. The number of methoxy groups -OCH3 is 2. The lowest BCUT2D eigenvalue weighted by Gasteiger charge is -2.54. The van der Waals surface area contributed by atoms with Crippen molar-refractivity contribution < 1.29 is 14.2 Å². The normalized spacial score (nSPS) is 38.4. The van der Waals surface area contributed by atoms with Crippen LogP contribution >= 0.6 is 0 Å². The van der Waals surface area contributed by atoms with Gasteiger partial charge in [-0.05, 0) is 74.5 Å². The van der Waals surface area contributed by atoms with Gasteiger partial charge in [-0.3, -0.25) is 0 Å². The first-order valence-electron chi connectivity index (χ1n) is 10.8. The highest BCUT2D eigenvalue weighted by molar-refractivity contribution is 4.99. The molecule has 0 unspecified atom stereocenters. The van der Waals surface area contributed by atoms with Crippen LogP contribution in [0.25, 0.3) is 0 Å². The zero-order valence-corrected chi connectivity index (χ0v) is 16.4. The molecule has 5 rings (SSSR count). The van der Waals surface area contributed by atoms with Gasteiger partial charge in [-0.1, -0.05) is 19.3 Å². The van der Waals surface area contributed by atoms with E-state index in [1.54, 1.807) is 0 Å². The molecular formula is C22H38O3. The van der Waals surface area contributed by atoms with Gasteiger partial charge in [0, 0.05) is 19.6 Å². The first-order valence-corrected chi connectivity index (χ1v) is 10.8. The molecule has 0 radical (unpaired) electrons. The van der Waals surface area contributed by atoms with Crippen LogP contribution in [0.15, 0.2) is 0 Å². The fourth-order valence-electron chi connectivity index (χ4n) is 7.18. The van der Waals surface area contributed by atoms with Crippen LogP contribution in [0, 0.1) is 35.0 Å². The van der Waals surface area contributed by atoms with Crippen LogP contribution in [0.3, 0.4) is 0 Å². The lowest BCUT2D eigenvalue weighted by molar-refractivity contribution is -0.168. The van der Waals surface area contributed by atoms with E-state index < -0.39 is 0 Å². The topological polar surface area (TPSA) is 27.7 Å². The van der Waals surface area contributed by atoms with Crippen LogP contribution in [0.1, 0.15) is 64.2 Å². The number of rotatable bonds is 8. The van der Waals surface area contributed by atoms with Crippen molar-refractivity contribution in [1.82, 2.24) is 0 Å². The standard InChI is InChI=1S/C22H38O3/c1-23-13-22(14-24-2,20-6-4-3-5-7-20)15-25-21-18-9-16-8-17(11-18)12-19(21)10-16/h16-21H,3-15H2,1-2H3.